The fraction of sp³-hybridized carbons (Fsp3) is 0.476. The van der Waals surface area contributed by atoms with Gasteiger partial charge in [0.2, 0.25) is 11.9 Å². The normalized spacial score (nSPS) is 20.5. The lowest BCUT2D eigenvalue weighted by Crippen LogP contribution is -2.50. The van der Waals surface area contributed by atoms with Gasteiger partial charge in [-0.05, 0) is 31.4 Å². The fourth-order valence-corrected chi connectivity index (χ4v) is 3.77. The molecule has 148 valence electrons. The number of para-hydroxylation sites is 1. The quantitative estimate of drug-likeness (QED) is 0.827. The lowest BCUT2D eigenvalue weighted by molar-refractivity contribution is -0.121. The molecule has 3 heterocycles. The molecule has 1 aromatic heterocycles. The predicted octanol–water partition coefficient (Wildman–Crippen LogP) is 2.22. The maximum absolute atomic E-state index is 12.6. The second-order valence-electron chi connectivity index (χ2n) is 7.47. The van der Waals surface area contributed by atoms with Crippen LogP contribution in [0.2, 0.25) is 0 Å². The van der Waals surface area contributed by atoms with Gasteiger partial charge < -0.3 is 15.0 Å². The van der Waals surface area contributed by atoms with Gasteiger partial charge in [0, 0.05) is 56.4 Å². The van der Waals surface area contributed by atoms with Crippen molar-refractivity contribution < 1.29 is 9.53 Å². The zero-order valence-corrected chi connectivity index (χ0v) is 16.3. The van der Waals surface area contributed by atoms with Crippen molar-refractivity contribution in [2.75, 3.05) is 43.0 Å². The van der Waals surface area contributed by atoms with Crippen molar-refractivity contribution in [1.29, 1.82) is 0 Å². The monoisotopic (exact) mass is 381 g/mol. The number of hydrogen-bond donors (Lipinski definition) is 1. The van der Waals surface area contributed by atoms with Gasteiger partial charge in [-0.1, -0.05) is 18.2 Å². The molecule has 28 heavy (non-hydrogen) atoms. The number of ether oxygens (including phenoxy) is 1. The van der Waals surface area contributed by atoms with Crippen molar-refractivity contribution >= 4 is 17.5 Å². The standard InChI is InChI=1S/C21H27N5O2/c1-16-5-2-3-7-19(16)26-9-8-25(15-20(26)27)14-17-11-22-21(23-12-17)24-13-18-6-4-10-28-18/h2-3,5,7,11-12,18H,4,6,8-10,13-15H2,1H3,(H,22,23,24). The zero-order valence-electron chi connectivity index (χ0n) is 16.3. The fourth-order valence-electron chi connectivity index (χ4n) is 3.77. The van der Waals surface area contributed by atoms with Crippen LogP contribution in [0, 0.1) is 6.92 Å². The molecule has 2 aliphatic rings. The summed E-state index contributed by atoms with van der Waals surface area (Å²) >= 11 is 0. The highest BCUT2D eigenvalue weighted by Gasteiger charge is 2.26. The van der Waals surface area contributed by atoms with Crippen LogP contribution in [0.25, 0.3) is 0 Å². The van der Waals surface area contributed by atoms with Gasteiger partial charge in [-0.3, -0.25) is 9.69 Å². The third-order valence-electron chi connectivity index (χ3n) is 5.33. The van der Waals surface area contributed by atoms with Crippen LogP contribution < -0.4 is 10.2 Å². The summed E-state index contributed by atoms with van der Waals surface area (Å²) in [6.45, 7) is 6.26. The molecule has 1 aromatic carbocycles. The molecular weight excluding hydrogens is 354 g/mol. The zero-order chi connectivity index (χ0) is 19.3. The van der Waals surface area contributed by atoms with Crippen LogP contribution in [0.5, 0.6) is 0 Å². The van der Waals surface area contributed by atoms with E-state index in [1.54, 1.807) is 0 Å². The van der Waals surface area contributed by atoms with Gasteiger partial charge in [0.25, 0.3) is 0 Å². The van der Waals surface area contributed by atoms with Crippen molar-refractivity contribution in [2.45, 2.75) is 32.4 Å². The molecule has 1 atom stereocenters. The molecule has 1 unspecified atom stereocenters. The Bertz CT molecular complexity index is 805. The number of anilines is 2. The minimum absolute atomic E-state index is 0.135. The van der Waals surface area contributed by atoms with E-state index in [1.165, 1.54) is 0 Å². The summed E-state index contributed by atoms with van der Waals surface area (Å²) < 4.78 is 5.60. The summed E-state index contributed by atoms with van der Waals surface area (Å²) in [6, 6.07) is 8.03. The minimum atomic E-state index is 0.135. The van der Waals surface area contributed by atoms with Crippen molar-refractivity contribution in [1.82, 2.24) is 14.9 Å². The average Bonchev–Trinajstić information content (AvgIpc) is 3.22. The van der Waals surface area contributed by atoms with Crippen molar-refractivity contribution in [3.05, 3.63) is 47.8 Å². The molecule has 2 aliphatic heterocycles. The third kappa shape index (κ3) is 4.48. The Labute approximate surface area is 165 Å². The maximum Gasteiger partial charge on any atom is 0.241 e. The van der Waals surface area contributed by atoms with Crippen molar-refractivity contribution in [3.63, 3.8) is 0 Å². The van der Waals surface area contributed by atoms with Gasteiger partial charge in [-0.25, -0.2) is 9.97 Å². The first kappa shape index (κ1) is 18.8. The molecule has 7 heteroatoms. The Balaban J connectivity index is 1.29. The van der Waals surface area contributed by atoms with E-state index >= 15 is 0 Å². The molecule has 2 fully saturated rings. The summed E-state index contributed by atoms with van der Waals surface area (Å²) in [5.74, 6) is 0.760. The number of amides is 1. The molecule has 2 saturated heterocycles. The number of aromatic nitrogens is 2. The molecule has 0 spiro atoms. The van der Waals surface area contributed by atoms with Crippen LogP contribution in [0.4, 0.5) is 11.6 Å². The van der Waals surface area contributed by atoms with E-state index in [-0.39, 0.29) is 12.0 Å². The number of benzene rings is 1. The number of carbonyl (C=O) groups excluding carboxylic acids is 1. The molecule has 0 bridgehead atoms. The Morgan fingerprint density at radius 3 is 2.75 bits per heavy atom. The Morgan fingerprint density at radius 1 is 1.21 bits per heavy atom. The summed E-state index contributed by atoms with van der Waals surface area (Å²) in [4.78, 5) is 25.5. The van der Waals surface area contributed by atoms with E-state index in [0.717, 1.165) is 49.4 Å². The topological polar surface area (TPSA) is 70.6 Å². The largest absolute Gasteiger partial charge is 0.376 e. The Hall–Kier alpha value is -2.51. The summed E-state index contributed by atoms with van der Waals surface area (Å²) in [7, 11) is 0. The van der Waals surface area contributed by atoms with E-state index in [2.05, 4.69) is 20.2 Å². The van der Waals surface area contributed by atoms with E-state index in [1.807, 2.05) is 48.5 Å². The third-order valence-corrected chi connectivity index (χ3v) is 5.33. The van der Waals surface area contributed by atoms with Gasteiger partial charge >= 0.3 is 0 Å². The van der Waals surface area contributed by atoms with E-state index in [0.29, 0.717) is 25.6 Å². The van der Waals surface area contributed by atoms with Crippen LogP contribution in [0.15, 0.2) is 36.7 Å². The molecule has 2 aromatic rings. The summed E-state index contributed by atoms with van der Waals surface area (Å²) in [5, 5.41) is 3.23. The maximum atomic E-state index is 12.6. The molecular formula is C21H27N5O2. The first-order valence-electron chi connectivity index (χ1n) is 9.94. The van der Waals surface area contributed by atoms with E-state index in [9.17, 15) is 4.79 Å². The summed E-state index contributed by atoms with van der Waals surface area (Å²) in [6.07, 6.45) is 6.15. The Morgan fingerprint density at radius 2 is 2.04 bits per heavy atom. The van der Waals surface area contributed by atoms with Crippen LogP contribution in [0.3, 0.4) is 0 Å². The smallest absolute Gasteiger partial charge is 0.241 e. The number of aryl methyl sites for hydroxylation is 1. The lowest BCUT2D eigenvalue weighted by atomic mass is 10.1. The van der Waals surface area contributed by atoms with Gasteiger partial charge in [-0.2, -0.15) is 0 Å². The number of piperazine rings is 1. The van der Waals surface area contributed by atoms with Gasteiger partial charge in [0.05, 0.1) is 12.6 Å². The van der Waals surface area contributed by atoms with Gasteiger partial charge in [-0.15, -0.1) is 0 Å². The van der Waals surface area contributed by atoms with E-state index < -0.39 is 0 Å². The average molecular weight is 381 g/mol. The minimum Gasteiger partial charge on any atom is -0.376 e. The van der Waals surface area contributed by atoms with Crippen LogP contribution in [0.1, 0.15) is 24.0 Å². The molecule has 7 nitrogen and oxygen atoms in total. The Kier molecular flexibility index (Phi) is 5.83. The van der Waals surface area contributed by atoms with Gasteiger partial charge in [0.15, 0.2) is 0 Å². The molecule has 1 N–H and O–H groups in total. The van der Waals surface area contributed by atoms with E-state index in [4.69, 9.17) is 4.74 Å². The number of hydrogen-bond acceptors (Lipinski definition) is 6. The molecule has 0 saturated carbocycles. The van der Waals surface area contributed by atoms with Crippen LogP contribution in [-0.4, -0.2) is 59.7 Å². The van der Waals surface area contributed by atoms with Crippen molar-refractivity contribution in [2.24, 2.45) is 0 Å². The predicted molar refractivity (Wildman–Crippen MR) is 108 cm³/mol. The van der Waals surface area contributed by atoms with Crippen LogP contribution >= 0.6 is 0 Å². The number of nitrogens with one attached hydrogen (secondary N) is 1. The highest BCUT2D eigenvalue weighted by Crippen LogP contribution is 2.22. The van der Waals surface area contributed by atoms with Crippen LogP contribution in [-0.2, 0) is 16.1 Å². The molecule has 0 aliphatic carbocycles. The first-order chi connectivity index (χ1) is 13.7. The second kappa shape index (κ2) is 8.67. The highest BCUT2D eigenvalue weighted by atomic mass is 16.5. The lowest BCUT2D eigenvalue weighted by Gasteiger charge is -2.35. The first-order valence-corrected chi connectivity index (χ1v) is 9.94. The molecule has 4 rings (SSSR count). The number of carbonyl (C=O) groups is 1. The SMILES string of the molecule is Cc1ccccc1N1CCN(Cc2cnc(NCC3CCCO3)nc2)CC1=O. The highest BCUT2D eigenvalue weighted by molar-refractivity contribution is 5.96. The van der Waals surface area contributed by atoms with Gasteiger partial charge in [0.1, 0.15) is 0 Å². The second-order valence-corrected chi connectivity index (χ2v) is 7.47. The summed E-state index contributed by atoms with van der Waals surface area (Å²) in [5.41, 5.74) is 3.15. The molecule has 1 amide bonds. The number of nitrogens with zero attached hydrogens (tertiary/aromatic N) is 4. The molecule has 0 radical (unpaired) electrons. The van der Waals surface area contributed by atoms with Crippen molar-refractivity contribution in [3.8, 4) is 0 Å². The number of rotatable bonds is 6.